The third-order valence-electron chi connectivity index (χ3n) is 2.08. The number of halogens is 1. The van der Waals surface area contributed by atoms with Crippen molar-refractivity contribution in [1.82, 2.24) is 0 Å². The second-order valence-corrected chi connectivity index (χ2v) is 3.09. The van der Waals surface area contributed by atoms with Gasteiger partial charge in [0.1, 0.15) is 11.6 Å². The Hall–Kier alpha value is -1.77. The van der Waals surface area contributed by atoms with E-state index in [1.165, 1.54) is 12.1 Å². The van der Waals surface area contributed by atoms with Gasteiger partial charge in [0.2, 0.25) is 0 Å². The Morgan fingerprint density at radius 3 is 2.87 bits per heavy atom. The number of rotatable bonds is 3. The Morgan fingerprint density at radius 2 is 2.20 bits per heavy atom. The number of hydrogen-bond acceptors (Lipinski definition) is 2. The van der Waals surface area contributed by atoms with Crippen LogP contribution in [0.3, 0.4) is 0 Å². The van der Waals surface area contributed by atoms with Crippen LogP contribution in [0.1, 0.15) is 6.92 Å². The molecule has 0 aliphatic heterocycles. The number of ether oxygens (including phenoxy) is 1. The van der Waals surface area contributed by atoms with Crippen molar-refractivity contribution in [3.8, 4) is 16.9 Å². The van der Waals surface area contributed by atoms with Crippen molar-refractivity contribution < 1.29 is 13.5 Å². The first kappa shape index (κ1) is 9.77. The lowest BCUT2D eigenvalue weighted by Crippen LogP contribution is -1.94. The third-order valence-corrected chi connectivity index (χ3v) is 2.08. The van der Waals surface area contributed by atoms with Gasteiger partial charge in [0, 0.05) is 17.2 Å². The van der Waals surface area contributed by atoms with Gasteiger partial charge in [0.25, 0.3) is 0 Å². The number of hydrogen-bond donors (Lipinski definition) is 0. The summed E-state index contributed by atoms with van der Waals surface area (Å²) in [5, 5.41) is 0. The third kappa shape index (κ3) is 2.01. The highest BCUT2D eigenvalue weighted by atomic mass is 19.1. The molecule has 2 aromatic rings. The van der Waals surface area contributed by atoms with E-state index in [2.05, 4.69) is 0 Å². The van der Waals surface area contributed by atoms with Crippen LogP contribution in [0.15, 0.2) is 41.2 Å². The van der Waals surface area contributed by atoms with Crippen LogP contribution in [-0.4, -0.2) is 6.61 Å². The van der Waals surface area contributed by atoms with E-state index in [1.807, 2.05) is 13.0 Å². The monoisotopic (exact) mass is 206 g/mol. The average molecular weight is 206 g/mol. The SMILES string of the molecule is CCOc1cc(F)ccc1-c1ccoc1. The summed E-state index contributed by atoms with van der Waals surface area (Å²) in [5.74, 6) is 0.240. The molecule has 3 heteroatoms. The Morgan fingerprint density at radius 1 is 1.33 bits per heavy atom. The highest BCUT2D eigenvalue weighted by molar-refractivity contribution is 5.69. The first-order valence-corrected chi connectivity index (χ1v) is 4.76. The number of benzene rings is 1. The average Bonchev–Trinajstić information content (AvgIpc) is 2.71. The summed E-state index contributed by atoms with van der Waals surface area (Å²) in [5.41, 5.74) is 1.73. The molecule has 0 bridgehead atoms. The van der Waals surface area contributed by atoms with Crippen LogP contribution in [0.2, 0.25) is 0 Å². The topological polar surface area (TPSA) is 22.4 Å². The molecule has 1 aromatic carbocycles. The van der Waals surface area contributed by atoms with E-state index in [0.717, 1.165) is 11.1 Å². The van der Waals surface area contributed by atoms with E-state index in [4.69, 9.17) is 9.15 Å². The molecule has 15 heavy (non-hydrogen) atoms. The normalized spacial score (nSPS) is 10.3. The van der Waals surface area contributed by atoms with Gasteiger partial charge < -0.3 is 9.15 Å². The van der Waals surface area contributed by atoms with Gasteiger partial charge in [-0.2, -0.15) is 0 Å². The quantitative estimate of drug-likeness (QED) is 0.767. The van der Waals surface area contributed by atoms with Gasteiger partial charge in [-0.25, -0.2) is 4.39 Å². The zero-order valence-electron chi connectivity index (χ0n) is 8.37. The van der Waals surface area contributed by atoms with Gasteiger partial charge in [-0.1, -0.05) is 0 Å². The lowest BCUT2D eigenvalue weighted by Gasteiger charge is -2.08. The largest absolute Gasteiger partial charge is 0.493 e. The van der Waals surface area contributed by atoms with Crippen molar-refractivity contribution in [2.45, 2.75) is 6.92 Å². The van der Waals surface area contributed by atoms with Gasteiger partial charge >= 0.3 is 0 Å². The van der Waals surface area contributed by atoms with Gasteiger partial charge in [-0.3, -0.25) is 0 Å². The molecule has 2 rings (SSSR count). The summed E-state index contributed by atoms with van der Waals surface area (Å²) < 4.78 is 23.4. The first-order chi connectivity index (χ1) is 7.31. The fourth-order valence-electron chi connectivity index (χ4n) is 1.43. The minimum Gasteiger partial charge on any atom is -0.493 e. The molecular formula is C12H11FO2. The second kappa shape index (κ2) is 4.17. The fourth-order valence-corrected chi connectivity index (χ4v) is 1.43. The van der Waals surface area contributed by atoms with Crippen LogP contribution in [0.4, 0.5) is 4.39 Å². The predicted molar refractivity (Wildman–Crippen MR) is 55.3 cm³/mol. The molecule has 0 atom stereocenters. The van der Waals surface area contributed by atoms with E-state index in [9.17, 15) is 4.39 Å². The molecule has 0 unspecified atom stereocenters. The van der Waals surface area contributed by atoms with E-state index in [-0.39, 0.29) is 5.82 Å². The van der Waals surface area contributed by atoms with Gasteiger partial charge in [-0.05, 0) is 25.1 Å². The highest BCUT2D eigenvalue weighted by Gasteiger charge is 2.08. The van der Waals surface area contributed by atoms with Crippen molar-refractivity contribution in [3.05, 3.63) is 42.6 Å². The standard InChI is InChI=1S/C12H11FO2/c1-2-15-12-7-10(13)3-4-11(12)9-5-6-14-8-9/h3-8H,2H2,1H3. The maximum atomic E-state index is 13.0. The summed E-state index contributed by atoms with van der Waals surface area (Å²) in [6.45, 7) is 2.37. The van der Waals surface area contributed by atoms with Crippen molar-refractivity contribution in [2.75, 3.05) is 6.61 Å². The van der Waals surface area contributed by atoms with Crippen molar-refractivity contribution in [3.63, 3.8) is 0 Å². The molecule has 78 valence electrons. The van der Waals surface area contributed by atoms with E-state index >= 15 is 0 Å². The van der Waals surface area contributed by atoms with Crippen molar-refractivity contribution in [2.24, 2.45) is 0 Å². The zero-order valence-corrected chi connectivity index (χ0v) is 8.37. The van der Waals surface area contributed by atoms with Gasteiger partial charge in [-0.15, -0.1) is 0 Å². The van der Waals surface area contributed by atoms with E-state index in [1.54, 1.807) is 18.6 Å². The molecule has 0 aliphatic carbocycles. The van der Waals surface area contributed by atoms with E-state index < -0.39 is 0 Å². The van der Waals surface area contributed by atoms with Crippen LogP contribution >= 0.6 is 0 Å². The van der Waals surface area contributed by atoms with Gasteiger partial charge in [0.15, 0.2) is 0 Å². The molecule has 0 N–H and O–H groups in total. The van der Waals surface area contributed by atoms with Crippen molar-refractivity contribution >= 4 is 0 Å². The van der Waals surface area contributed by atoms with Gasteiger partial charge in [0.05, 0.1) is 19.1 Å². The summed E-state index contributed by atoms with van der Waals surface area (Å²) in [7, 11) is 0. The van der Waals surface area contributed by atoms with Crippen LogP contribution < -0.4 is 4.74 Å². The minimum absolute atomic E-state index is 0.300. The molecular weight excluding hydrogens is 195 g/mol. The Bertz CT molecular complexity index is 435. The zero-order chi connectivity index (χ0) is 10.7. The molecule has 0 radical (unpaired) electrons. The van der Waals surface area contributed by atoms with Crippen LogP contribution in [0, 0.1) is 5.82 Å². The first-order valence-electron chi connectivity index (χ1n) is 4.76. The molecule has 2 nitrogen and oxygen atoms in total. The molecule has 0 aliphatic rings. The smallest absolute Gasteiger partial charge is 0.130 e. The highest BCUT2D eigenvalue weighted by Crippen LogP contribution is 2.30. The Kier molecular flexibility index (Phi) is 2.72. The molecule has 0 fully saturated rings. The second-order valence-electron chi connectivity index (χ2n) is 3.09. The summed E-state index contributed by atoms with van der Waals surface area (Å²) in [4.78, 5) is 0. The van der Waals surface area contributed by atoms with Crippen molar-refractivity contribution in [1.29, 1.82) is 0 Å². The summed E-state index contributed by atoms with van der Waals surface area (Å²) in [6, 6.07) is 6.29. The molecule has 1 aromatic heterocycles. The number of furan rings is 1. The molecule has 0 saturated carbocycles. The summed E-state index contributed by atoms with van der Waals surface area (Å²) in [6.07, 6.45) is 3.18. The predicted octanol–water partition coefficient (Wildman–Crippen LogP) is 3.48. The lowest BCUT2D eigenvalue weighted by molar-refractivity contribution is 0.339. The van der Waals surface area contributed by atoms with Crippen LogP contribution in [0.25, 0.3) is 11.1 Å². The Labute approximate surface area is 87.3 Å². The lowest BCUT2D eigenvalue weighted by atomic mass is 10.1. The van der Waals surface area contributed by atoms with Crippen LogP contribution in [-0.2, 0) is 0 Å². The summed E-state index contributed by atoms with van der Waals surface area (Å²) >= 11 is 0. The van der Waals surface area contributed by atoms with Crippen LogP contribution in [0.5, 0.6) is 5.75 Å². The van der Waals surface area contributed by atoms with E-state index in [0.29, 0.717) is 12.4 Å². The molecule has 0 amide bonds. The maximum absolute atomic E-state index is 13.0. The molecule has 0 saturated heterocycles. The minimum atomic E-state index is -0.300. The maximum Gasteiger partial charge on any atom is 0.130 e. The Balaban J connectivity index is 2.46. The molecule has 0 spiro atoms. The molecule has 1 heterocycles. The fraction of sp³-hybridized carbons (Fsp3) is 0.167.